The maximum absolute atomic E-state index is 11.7. The fourth-order valence-corrected chi connectivity index (χ4v) is 3.93. The fourth-order valence-electron chi connectivity index (χ4n) is 2.99. The zero-order chi connectivity index (χ0) is 14.4. The first-order chi connectivity index (χ1) is 10.2. The van der Waals surface area contributed by atoms with E-state index in [2.05, 4.69) is 27.2 Å². The molecule has 0 radical (unpaired) electrons. The molecule has 0 aliphatic carbocycles. The van der Waals surface area contributed by atoms with E-state index in [0.29, 0.717) is 0 Å². The number of hydrogen-bond donors (Lipinski definition) is 1. The average Bonchev–Trinajstić information content (AvgIpc) is 3.05. The van der Waals surface area contributed by atoms with E-state index in [9.17, 15) is 4.79 Å². The summed E-state index contributed by atoms with van der Waals surface area (Å²) in [5, 5.41) is 7.23. The van der Waals surface area contributed by atoms with E-state index in [-0.39, 0.29) is 4.87 Å². The second-order valence-electron chi connectivity index (χ2n) is 5.49. The summed E-state index contributed by atoms with van der Waals surface area (Å²) in [6, 6.07) is 6.29. The number of nitrogens with zero attached hydrogens (tertiary/aromatic N) is 3. The van der Waals surface area contributed by atoms with E-state index in [1.54, 1.807) is 4.57 Å². The minimum atomic E-state index is 0.0947. The van der Waals surface area contributed by atoms with Crippen molar-refractivity contribution in [3.63, 3.8) is 0 Å². The Hall–Kier alpha value is -2.08. The molecular formula is C15H16N4OS. The fraction of sp³-hybridized carbons (Fsp3) is 0.333. The first-order valence-electron chi connectivity index (χ1n) is 7.08. The van der Waals surface area contributed by atoms with E-state index in [0.717, 1.165) is 36.1 Å². The Kier molecular flexibility index (Phi) is 2.85. The molecule has 0 saturated heterocycles. The Balaban J connectivity index is 1.68. The molecule has 1 aromatic carbocycles. The van der Waals surface area contributed by atoms with Crippen LogP contribution in [0.25, 0.3) is 10.2 Å². The molecular weight excluding hydrogens is 284 g/mol. The van der Waals surface area contributed by atoms with Crippen LogP contribution in [0.3, 0.4) is 0 Å². The molecule has 5 nitrogen and oxygen atoms in total. The van der Waals surface area contributed by atoms with Crippen LogP contribution in [-0.4, -0.2) is 21.3 Å². The van der Waals surface area contributed by atoms with E-state index >= 15 is 0 Å². The standard InChI is InChI=1S/C15H16N4OS/c1-18-12-5-4-10(7-14(12)21-15(18)20)9-19-6-2-3-11-13(19)8-16-17-11/h4-5,7-8H,2-3,6,9H2,1H3,(H,16,17). The molecule has 0 fully saturated rings. The van der Waals surface area contributed by atoms with E-state index in [1.807, 2.05) is 19.3 Å². The highest BCUT2D eigenvalue weighted by molar-refractivity contribution is 7.16. The van der Waals surface area contributed by atoms with Crippen LogP contribution in [0.1, 0.15) is 17.7 Å². The average molecular weight is 300 g/mol. The largest absolute Gasteiger partial charge is 0.364 e. The van der Waals surface area contributed by atoms with Crippen LogP contribution >= 0.6 is 11.3 Å². The lowest BCUT2D eigenvalue weighted by molar-refractivity contribution is 0.683. The lowest BCUT2D eigenvalue weighted by Crippen LogP contribution is -2.28. The summed E-state index contributed by atoms with van der Waals surface area (Å²) in [4.78, 5) is 14.2. The van der Waals surface area contributed by atoms with Gasteiger partial charge in [-0.3, -0.25) is 9.89 Å². The highest BCUT2D eigenvalue weighted by Gasteiger charge is 2.18. The number of rotatable bonds is 2. The predicted molar refractivity (Wildman–Crippen MR) is 85.0 cm³/mol. The van der Waals surface area contributed by atoms with Crippen molar-refractivity contribution in [3.8, 4) is 0 Å². The van der Waals surface area contributed by atoms with Crippen LogP contribution < -0.4 is 9.77 Å². The Morgan fingerprint density at radius 2 is 2.33 bits per heavy atom. The van der Waals surface area contributed by atoms with E-state index in [4.69, 9.17) is 0 Å². The van der Waals surface area contributed by atoms with Gasteiger partial charge in [0.15, 0.2) is 0 Å². The zero-order valence-corrected chi connectivity index (χ0v) is 12.6. The van der Waals surface area contributed by atoms with Gasteiger partial charge in [0.05, 0.1) is 27.8 Å². The normalized spacial score (nSPS) is 14.6. The number of H-pyrrole nitrogens is 1. The number of aryl methyl sites for hydroxylation is 2. The Morgan fingerprint density at radius 1 is 1.43 bits per heavy atom. The lowest BCUT2D eigenvalue weighted by Gasteiger charge is -2.28. The van der Waals surface area contributed by atoms with Crippen molar-refractivity contribution in [2.75, 3.05) is 11.4 Å². The predicted octanol–water partition coefficient (Wildman–Crippen LogP) is 2.28. The molecule has 1 aliphatic rings. The number of hydrogen-bond acceptors (Lipinski definition) is 4. The van der Waals surface area contributed by atoms with E-state index in [1.165, 1.54) is 28.3 Å². The number of thiazole rings is 1. The molecule has 108 valence electrons. The molecule has 0 unspecified atom stereocenters. The van der Waals surface area contributed by atoms with Crippen molar-refractivity contribution in [2.24, 2.45) is 7.05 Å². The minimum Gasteiger partial charge on any atom is -0.364 e. The molecule has 0 bridgehead atoms. The van der Waals surface area contributed by atoms with Gasteiger partial charge in [-0.1, -0.05) is 17.4 Å². The van der Waals surface area contributed by atoms with Gasteiger partial charge < -0.3 is 9.47 Å². The van der Waals surface area contributed by atoms with Gasteiger partial charge in [-0.2, -0.15) is 5.10 Å². The van der Waals surface area contributed by atoms with Crippen molar-refractivity contribution in [2.45, 2.75) is 19.4 Å². The van der Waals surface area contributed by atoms with Crippen molar-refractivity contribution in [1.29, 1.82) is 0 Å². The number of nitrogens with one attached hydrogen (secondary N) is 1. The molecule has 3 heterocycles. The van der Waals surface area contributed by atoms with Crippen LogP contribution in [0.4, 0.5) is 5.69 Å². The molecule has 21 heavy (non-hydrogen) atoms. The van der Waals surface area contributed by atoms with Crippen LogP contribution in [0.5, 0.6) is 0 Å². The molecule has 0 saturated carbocycles. The summed E-state index contributed by atoms with van der Waals surface area (Å²) >= 11 is 1.31. The molecule has 0 spiro atoms. The number of fused-ring (bicyclic) bond motifs is 2. The van der Waals surface area contributed by atoms with Gasteiger partial charge in [-0.05, 0) is 30.5 Å². The van der Waals surface area contributed by atoms with Gasteiger partial charge in [-0.15, -0.1) is 0 Å². The molecule has 0 amide bonds. The molecule has 1 aliphatic heterocycles. The van der Waals surface area contributed by atoms with Crippen LogP contribution in [0.15, 0.2) is 29.2 Å². The van der Waals surface area contributed by atoms with Crippen molar-refractivity contribution in [1.82, 2.24) is 14.8 Å². The Morgan fingerprint density at radius 3 is 3.24 bits per heavy atom. The quantitative estimate of drug-likeness (QED) is 0.790. The third kappa shape index (κ3) is 2.06. The summed E-state index contributed by atoms with van der Waals surface area (Å²) in [7, 11) is 1.82. The lowest BCUT2D eigenvalue weighted by atomic mass is 10.1. The molecule has 1 N–H and O–H groups in total. The highest BCUT2D eigenvalue weighted by Crippen LogP contribution is 2.27. The first kappa shape index (κ1) is 12.6. The second-order valence-corrected chi connectivity index (χ2v) is 6.48. The van der Waals surface area contributed by atoms with Gasteiger partial charge in [0.2, 0.25) is 0 Å². The third-order valence-electron chi connectivity index (χ3n) is 4.12. The Bertz CT molecular complexity index is 860. The summed E-state index contributed by atoms with van der Waals surface area (Å²) < 4.78 is 2.77. The van der Waals surface area contributed by atoms with E-state index < -0.39 is 0 Å². The molecule has 0 atom stereocenters. The molecule has 3 aromatic rings. The monoisotopic (exact) mass is 300 g/mol. The maximum atomic E-state index is 11.7. The second kappa shape index (κ2) is 4.73. The molecule has 6 heteroatoms. The van der Waals surface area contributed by atoms with Crippen molar-refractivity contribution < 1.29 is 0 Å². The van der Waals surface area contributed by atoms with Gasteiger partial charge >= 0.3 is 4.87 Å². The van der Waals surface area contributed by atoms with Gasteiger partial charge in [0, 0.05) is 20.1 Å². The van der Waals surface area contributed by atoms with Gasteiger partial charge in [0.1, 0.15) is 0 Å². The topological polar surface area (TPSA) is 53.9 Å². The van der Waals surface area contributed by atoms with Crippen LogP contribution in [0, 0.1) is 0 Å². The SMILES string of the molecule is Cn1c(=O)sc2cc(CN3CCCc4[nH]ncc43)ccc21. The van der Waals surface area contributed by atoms with Gasteiger partial charge in [-0.25, -0.2) is 0 Å². The molecule has 2 aromatic heterocycles. The Labute approximate surface area is 125 Å². The van der Waals surface area contributed by atoms with Crippen molar-refractivity contribution >= 4 is 27.2 Å². The van der Waals surface area contributed by atoms with Crippen molar-refractivity contribution in [3.05, 3.63) is 45.3 Å². The number of aromatic amines is 1. The highest BCUT2D eigenvalue weighted by atomic mass is 32.1. The maximum Gasteiger partial charge on any atom is 0.307 e. The summed E-state index contributed by atoms with van der Waals surface area (Å²) in [5.41, 5.74) is 4.68. The number of aromatic nitrogens is 3. The summed E-state index contributed by atoms with van der Waals surface area (Å²) in [5.74, 6) is 0. The first-order valence-corrected chi connectivity index (χ1v) is 7.89. The number of benzene rings is 1. The van der Waals surface area contributed by atoms with Crippen LogP contribution in [-0.2, 0) is 20.0 Å². The third-order valence-corrected chi connectivity index (χ3v) is 5.12. The minimum absolute atomic E-state index is 0.0947. The zero-order valence-electron chi connectivity index (χ0n) is 11.8. The number of anilines is 1. The van der Waals surface area contributed by atoms with Gasteiger partial charge in [0.25, 0.3) is 0 Å². The summed E-state index contributed by atoms with van der Waals surface area (Å²) in [6.45, 7) is 1.91. The van der Waals surface area contributed by atoms with Crippen LogP contribution in [0.2, 0.25) is 0 Å². The molecule has 4 rings (SSSR count). The summed E-state index contributed by atoms with van der Waals surface area (Å²) in [6.07, 6.45) is 4.13. The smallest absolute Gasteiger partial charge is 0.307 e.